The van der Waals surface area contributed by atoms with E-state index in [0.717, 1.165) is 15.4 Å². The lowest BCUT2D eigenvalue weighted by molar-refractivity contribution is -0.138. The van der Waals surface area contributed by atoms with Crippen LogP contribution in [0.5, 0.6) is 0 Å². The number of aromatic amines is 1. The van der Waals surface area contributed by atoms with Gasteiger partial charge in [0.25, 0.3) is 0 Å². The molecule has 2 aromatic rings. The van der Waals surface area contributed by atoms with Gasteiger partial charge in [0.2, 0.25) is 0 Å². The largest absolute Gasteiger partial charge is 0.480 e. The van der Waals surface area contributed by atoms with E-state index in [-0.39, 0.29) is 0 Å². The lowest BCUT2D eigenvalue weighted by Gasteiger charge is -2.05. The molecule has 78 valence electrons. The molecule has 15 heavy (non-hydrogen) atoms. The molecule has 2 rings (SSSR count). The first-order chi connectivity index (χ1) is 7.11. The fourth-order valence-electron chi connectivity index (χ4n) is 1.54. The number of carboxylic acids is 1. The number of hydrogen-bond donors (Lipinski definition) is 3. The summed E-state index contributed by atoms with van der Waals surface area (Å²) >= 11 is 3.38. The fourth-order valence-corrected chi connectivity index (χ4v) is 2.14. The molecule has 1 atom stereocenters. The van der Waals surface area contributed by atoms with Crippen LogP contribution in [0.2, 0.25) is 0 Å². The van der Waals surface area contributed by atoms with Gasteiger partial charge in [-0.2, -0.15) is 0 Å². The summed E-state index contributed by atoms with van der Waals surface area (Å²) < 4.78 is 0.841. The van der Waals surface area contributed by atoms with Gasteiger partial charge in [-0.15, -0.1) is 0 Å². The number of aliphatic carboxylic acids is 1. The number of fused-ring (bicyclic) bond motifs is 1. The number of rotatable bonds is 2. The van der Waals surface area contributed by atoms with E-state index >= 15 is 0 Å². The van der Waals surface area contributed by atoms with Crippen LogP contribution < -0.4 is 5.73 Å². The Kier molecular flexibility index (Phi) is 2.50. The van der Waals surface area contributed by atoms with E-state index in [1.807, 2.05) is 18.2 Å². The summed E-state index contributed by atoms with van der Waals surface area (Å²) in [4.78, 5) is 13.8. The standard InChI is InChI=1S/C10H9BrN2O2/c11-6-2-1-3-7-8(6)5(4-13-7)9(12)10(14)15/h1-4,9,13H,12H2,(H,14,15)/t9-/m1/s1. The van der Waals surface area contributed by atoms with Gasteiger partial charge in [-0.25, -0.2) is 0 Å². The van der Waals surface area contributed by atoms with E-state index < -0.39 is 12.0 Å². The second-order valence-corrected chi connectivity index (χ2v) is 4.08. The first-order valence-electron chi connectivity index (χ1n) is 4.35. The van der Waals surface area contributed by atoms with Gasteiger partial charge in [0.05, 0.1) is 0 Å². The second kappa shape index (κ2) is 3.67. The predicted molar refractivity (Wildman–Crippen MR) is 60.6 cm³/mol. The van der Waals surface area contributed by atoms with E-state index in [1.54, 1.807) is 6.20 Å². The summed E-state index contributed by atoms with van der Waals surface area (Å²) in [5.41, 5.74) is 7.04. The van der Waals surface area contributed by atoms with Crippen LogP contribution in [0.4, 0.5) is 0 Å². The average molecular weight is 269 g/mol. The van der Waals surface area contributed by atoms with Gasteiger partial charge < -0.3 is 15.8 Å². The molecular formula is C10H9BrN2O2. The van der Waals surface area contributed by atoms with Crippen molar-refractivity contribution in [2.45, 2.75) is 6.04 Å². The molecule has 0 radical (unpaired) electrons. The van der Waals surface area contributed by atoms with Crippen LogP contribution in [0.25, 0.3) is 10.9 Å². The van der Waals surface area contributed by atoms with Crippen LogP contribution in [0.3, 0.4) is 0 Å². The highest BCUT2D eigenvalue weighted by Gasteiger charge is 2.19. The fraction of sp³-hybridized carbons (Fsp3) is 0.100. The summed E-state index contributed by atoms with van der Waals surface area (Å²) in [6.07, 6.45) is 1.63. The molecule has 0 aliphatic heterocycles. The average Bonchev–Trinajstić information content (AvgIpc) is 2.61. The Bertz CT molecular complexity index is 521. The Labute approximate surface area is 94.2 Å². The van der Waals surface area contributed by atoms with Crippen LogP contribution in [-0.2, 0) is 4.79 Å². The zero-order valence-corrected chi connectivity index (χ0v) is 9.28. The number of hydrogen-bond acceptors (Lipinski definition) is 2. The molecule has 0 bridgehead atoms. The maximum Gasteiger partial charge on any atom is 0.325 e. The topological polar surface area (TPSA) is 79.1 Å². The highest BCUT2D eigenvalue weighted by molar-refractivity contribution is 9.10. The molecule has 1 aromatic carbocycles. The third-order valence-corrected chi connectivity index (χ3v) is 2.95. The molecule has 0 saturated carbocycles. The van der Waals surface area contributed by atoms with Crippen molar-refractivity contribution in [1.82, 2.24) is 4.98 Å². The number of aromatic nitrogens is 1. The van der Waals surface area contributed by atoms with Gasteiger partial charge in [0, 0.05) is 27.1 Å². The number of halogens is 1. The summed E-state index contributed by atoms with van der Waals surface area (Å²) in [5.74, 6) is -1.04. The maximum absolute atomic E-state index is 10.8. The Morgan fingerprint density at radius 1 is 1.53 bits per heavy atom. The number of H-pyrrole nitrogens is 1. The lowest BCUT2D eigenvalue weighted by atomic mass is 10.1. The molecule has 5 heteroatoms. The van der Waals surface area contributed by atoms with E-state index in [0.29, 0.717) is 5.56 Å². The highest BCUT2D eigenvalue weighted by Crippen LogP contribution is 2.29. The van der Waals surface area contributed by atoms with Crippen molar-refractivity contribution in [1.29, 1.82) is 0 Å². The molecule has 0 aliphatic carbocycles. The Balaban J connectivity index is 2.67. The molecule has 0 spiro atoms. The monoisotopic (exact) mass is 268 g/mol. The molecule has 4 nitrogen and oxygen atoms in total. The van der Waals surface area contributed by atoms with E-state index in [9.17, 15) is 4.79 Å². The molecule has 0 aliphatic rings. The quantitative estimate of drug-likeness (QED) is 0.780. The predicted octanol–water partition coefficient (Wildman–Crippen LogP) is 2.01. The highest BCUT2D eigenvalue weighted by atomic mass is 79.9. The Morgan fingerprint density at radius 3 is 2.93 bits per heavy atom. The van der Waals surface area contributed by atoms with Crippen molar-refractivity contribution in [3.63, 3.8) is 0 Å². The first kappa shape index (κ1) is 10.2. The van der Waals surface area contributed by atoms with E-state index in [1.165, 1.54) is 0 Å². The molecule has 1 heterocycles. The third-order valence-electron chi connectivity index (χ3n) is 2.29. The number of carbonyl (C=O) groups is 1. The normalized spacial score (nSPS) is 12.9. The van der Waals surface area contributed by atoms with Crippen molar-refractivity contribution >= 4 is 32.8 Å². The zero-order chi connectivity index (χ0) is 11.0. The third kappa shape index (κ3) is 1.64. The van der Waals surface area contributed by atoms with Crippen molar-refractivity contribution in [3.8, 4) is 0 Å². The zero-order valence-electron chi connectivity index (χ0n) is 7.70. The number of nitrogens with two attached hydrogens (primary N) is 1. The van der Waals surface area contributed by atoms with Gasteiger partial charge in [0.15, 0.2) is 0 Å². The minimum Gasteiger partial charge on any atom is -0.480 e. The number of nitrogens with one attached hydrogen (secondary N) is 1. The van der Waals surface area contributed by atoms with Crippen LogP contribution in [0.15, 0.2) is 28.9 Å². The van der Waals surface area contributed by atoms with Gasteiger partial charge >= 0.3 is 5.97 Å². The van der Waals surface area contributed by atoms with Gasteiger partial charge in [-0.05, 0) is 12.1 Å². The number of benzene rings is 1. The summed E-state index contributed by atoms with van der Waals surface area (Å²) in [6, 6.07) is 4.60. The summed E-state index contributed by atoms with van der Waals surface area (Å²) in [5, 5.41) is 9.68. The Hall–Kier alpha value is -1.33. The SMILES string of the molecule is N[C@@H](C(=O)O)c1c[nH]c2cccc(Br)c12. The molecule has 4 N–H and O–H groups in total. The molecule has 0 unspecified atom stereocenters. The van der Waals surface area contributed by atoms with E-state index in [4.69, 9.17) is 10.8 Å². The number of carboxylic acid groups (broad SMARTS) is 1. The summed E-state index contributed by atoms with van der Waals surface area (Å²) in [6.45, 7) is 0. The molecule has 0 saturated heterocycles. The van der Waals surface area contributed by atoms with Crippen LogP contribution in [-0.4, -0.2) is 16.1 Å². The molecular weight excluding hydrogens is 260 g/mol. The van der Waals surface area contributed by atoms with Crippen LogP contribution in [0.1, 0.15) is 11.6 Å². The molecule has 1 aromatic heterocycles. The van der Waals surface area contributed by atoms with Crippen molar-refractivity contribution in [3.05, 3.63) is 34.4 Å². The van der Waals surface area contributed by atoms with Gasteiger partial charge in [-0.1, -0.05) is 22.0 Å². The van der Waals surface area contributed by atoms with Crippen molar-refractivity contribution in [2.75, 3.05) is 0 Å². The minimum atomic E-state index is -1.04. The van der Waals surface area contributed by atoms with Crippen molar-refractivity contribution in [2.24, 2.45) is 5.73 Å². The Morgan fingerprint density at radius 2 is 2.27 bits per heavy atom. The van der Waals surface area contributed by atoms with E-state index in [2.05, 4.69) is 20.9 Å². The van der Waals surface area contributed by atoms with Crippen LogP contribution in [0, 0.1) is 0 Å². The van der Waals surface area contributed by atoms with Crippen molar-refractivity contribution < 1.29 is 9.90 Å². The molecule has 0 amide bonds. The first-order valence-corrected chi connectivity index (χ1v) is 5.14. The lowest BCUT2D eigenvalue weighted by Crippen LogP contribution is -2.20. The maximum atomic E-state index is 10.8. The minimum absolute atomic E-state index is 0.588. The smallest absolute Gasteiger partial charge is 0.325 e. The van der Waals surface area contributed by atoms with Crippen LogP contribution >= 0.6 is 15.9 Å². The van der Waals surface area contributed by atoms with Gasteiger partial charge in [-0.3, -0.25) is 4.79 Å². The van der Waals surface area contributed by atoms with Gasteiger partial charge in [0.1, 0.15) is 6.04 Å². The summed E-state index contributed by atoms with van der Waals surface area (Å²) in [7, 11) is 0. The second-order valence-electron chi connectivity index (χ2n) is 3.22. The molecule has 0 fully saturated rings.